The highest BCUT2D eigenvalue weighted by atomic mass is 16.6. The first-order valence-corrected chi connectivity index (χ1v) is 5.09. The van der Waals surface area contributed by atoms with Crippen molar-refractivity contribution in [3.63, 3.8) is 0 Å². The van der Waals surface area contributed by atoms with Gasteiger partial charge in [0.1, 0.15) is 0 Å². The Morgan fingerprint density at radius 3 is 2.33 bits per heavy atom. The van der Waals surface area contributed by atoms with Crippen LogP contribution in [0.5, 0.6) is 0 Å². The Hall–Kier alpha value is -0.170. The topological polar surface area (TPSA) is 12.5 Å². The standard InChI is InChI=1S/C11H21O/c1-5-10(8(2)3)6-7-11-9(4)12-11/h8-11H,1,5-7H2,2-4H3/q+1. The zero-order valence-corrected chi connectivity index (χ0v) is 8.55. The Balaban J connectivity index is 2.11. The van der Waals surface area contributed by atoms with Gasteiger partial charge in [0.25, 0.3) is 0 Å². The molecule has 0 bridgehead atoms. The highest BCUT2D eigenvalue weighted by molar-refractivity contribution is 4.81. The molecule has 0 aromatic heterocycles. The number of ether oxygens (including phenoxy) is 1. The Morgan fingerprint density at radius 2 is 2.00 bits per heavy atom. The van der Waals surface area contributed by atoms with Gasteiger partial charge in [0.05, 0.1) is 25.6 Å². The van der Waals surface area contributed by atoms with Gasteiger partial charge in [0, 0.05) is 5.92 Å². The first-order valence-electron chi connectivity index (χ1n) is 5.09. The fraction of sp³-hybridized carbons (Fsp3) is 0.909. The van der Waals surface area contributed by atoms with Crippen LogP contribution < -0.4 is 0 Å². The summed E-state index contributed by atoms with van der Waals surface area (Å²) in [5.74, 6) is 1.57. The highest BCUT2D eigenvalue weighted by Crippen LogP contribution is 2.30. The molecule has 0 aliphatic carbocycles. The molecule has 1 rings (SSSR count). The summed E-state index contributed by atoms with van der Waals surface area (Å²) in [5.41, 5.74) is 0. The second kappa shape index (κ2) is 4.18. The third-order valence-corrected chi connectivity index (χ3v) is 2.97. The van der Waals surface area contributed by atoms with Crippen LogP contribution in [0.2, 0.25) is 0 Å². The van der Waals surface area contributed by atoms with Gasteiger partial charge in [-0.1, -0.05) is 13.8 Å². The van der Waals surface area contributed by atoms with Gasteiger partial charge in [0.2, 0.25) is 0 Å². The molecule has 0 spiro atoms. The van der Waals surface area contributed by atoms with Crippen LogP contribution >= 0.6 is 0 Å². The second-order valence-electron chi connectivity index (χ2n) is 4.25. The van der Waals surface area contributed by atoms with Crippen molar-refractivity contribution in [3.8, 4) is 0 Å². The molecule has 70 valence electrons. The number of hydrogen-bond acceptors (Lipinski definition) is 1. The third-order valence-electron chi connectivity index (χ3n) is 2.97. The van der Waals surface area contributed by atoms with Crippen molar-refractivity contribution < 1.29 is 4.74 Å². The Morgan fingerprint density at radius 1 is 1.42 bits per heavy atom. The van der Waals surface area contributed by atoms with E-state index in [9.17, 15) is 0 Å². The van der Waals surface area contributed by atoms with Crippen molar-refractivity contribution in [1.29, 1.82) is 0 Å². The molecular weight excluding hydrogens is 148 g/mol. The van der Waals surface area contributed by atoms with Crippen molar-refractivity contribution in [3.05, 3.63) is 6.92 Å². The molecule has 3 atom stereocenters. The lowest BCUT2D eigenvalue weighted by atomic mass is 9.88. The molecule has 12 heavy (non-hydrogen) atoms. The summed E-state index contributed by atoms with van der Waals surface area (Å²) < 4.78 is 5.37. The van der Waals surface area contributed by atoms with Gasteiger partial charge in [-0.2, -0.15) is 0 Å². The van der Waals surface area contributed by atoms with Crippen LogP contribution in [0.15, 0.2) is 0 Å². The third kappa shape index (κ3) is 2.71. The van der Waals surface area contributed by atoms with Crippen LogP contribution in [-0.2, 0) is 4.74 Å². The summed E-state index contributed by atoms with van der Waals surface area (Å²) in [6, 6.07) is 0. The number of rotatable bonds is 5. The Labute approximate surface area is 76.5 Å². The van der Waals surface area contributed by atoms with Crippen molar-refractivity contribution in [2.24, 2.45) is 11.8 Å². The van der Waals surface area contributed by atoms with Crippen LogP contribution in [0.1, 0.15) is 40.0 Å². The van der Waals surface area contributed by atoms with Crippen LogP contribution in [0.3, 0.4) is 0 Å². The molecule has 0 amide bonds. The zero-order chi connectivity index (χ0) is 9.14. The fourth-order valence-electron chi connectivity index (χ4n) is 1.72. The minimum Gasteiger partial charge on any atom is -0.370 e. The SMILES string of the molecule is [CH2+]CC(CCC1OC1C)C(C)C. The van der Waals surface area contributed by atoms with E-state index in [4.69, 9.17) is 4.74 Å². The number of epoxide rings is 1. The monoisotopic (exact) mass is 169 g/mol. The molecule has 0 radical (unpaired) electrons. The van der Waals surface area contributed by atoms with Crippen molar-refractivity contribution in [1.82, 2.24) is 0 Å². The smallest absolute Gasteiger partial charge is 0.0881 e. The Kier molecular flexibility index (Phi) is 3.45. The van der Waals surface area contributed by atoms with E-state index in [1.807, 2.05) is 0 Å². The van der Waals surface area contributed by atoms with Crippen molar-refractivity contribution in [2.75, 3.05) is 0 Å². The summed E-state index contributed by atoms with van der Waals surface area (Å²) >= 11 is 0. The summed E-state index contributed by atoms with van der Waals surface area (Å²) in [5, 5.41) is 0. The van der Waals surface area contributed by atoms with Crippen LogP contribution in [0.25, 0.3) is 0 Å². The average Bonchev–Trinajstić information content (AvgIpc) is 2.67. The van der Waals surface area contributed by atoms with Crippen LogP contribution in [0.4, 0.5) is 0 Å². The zero-order valence-electron chi connectivity index (χ0n) is 8.55. The van der Waals surface area contributed by atoms with E-state index in [0.717, 1.165) is 18.3 Å². The molecule has 0 aromatic carbocycles. The van der Waals surface area contributed by atoms with Gasteiger partial charge in [0.15, 0.2) is 0 Å². The van der Waals surface area contributed by atoms with Gasteiger partial charge in [-0.05, 0) is 25.7 Å². The normalized spacial score (nSPS) is 30.7. The molecule has 0 aromatic rings. The summed E-state index contributed by atoms with van der Waals surface area (Å²) in [4.78, 5) is 0. The largest absolute Gasteiger partial charge is 0.370 e. The van der Waals surface area contributed by atoms with Crippen molar-refractivity contribution >= 4 is 0 Å². The van der Waals surface area contributed by atoms with Gasteiger partial charge < -0.3 is 4.74 Å². The predicted molar refractivity (Wildman–Crippen MR) is 51.9 cm³/mol. The molecule has 1 heterocycles. The maximum absolute atomic E-state index is 5.37. The van der Waals surface area contributed by atoms with E-state index in [0.29, 0.717) is 12.2 Å². The average molecular weight is 169 g/mol. The molecule has 0 N–H and O–H groups in total. The minimum absolute atomic E-state index is 0.530. The van der Waals surface area contributed by atoms with E-state index >= 15 is 0 Å². The van der Waals surface area contributed by atoms with Gasteiger partial charge in [-0.15, -0.1) is 0 Å². The molecule has 1 aliphatic heterocycles. The predicted octanol–water partition coefficient (Wildman–Crippen LogP) is 3.05. The molecule has 1 heteroatoms. The van der Waals surface area contributed by atoms with E-state index < -0.39 is 0 Å². The quantitative estimate of drug-likeness (QED) is 0.455. The molecule has 1 fully saturated rings. The second-order valence-corrected chi connectivity index (χ2v) is 4.25. The molecule has 1 aliphatic rings. The molecule has 1 nitrogen and oxygen atoms in total. The van der Waals surface area contributed by atoms with E-state index in [1.54, 1.807) is 0 Å². The van der Waals surface area contributed by atoms with Crippen LogP contribution in [0, 0.1) is 18.8 Å². The fourth-order valence-corrected chi connectivity index (χ4v) is 1.72. The molecular formula is C11H21O+. The number of hydrogen-bond donors (Lipinski definition) is 0. The van der Waals surface area contributed by atoms with E-state index in [-0.39, 0.29) is 0 Å². The van der Waals surface area contributed by atoms with Gasteiger partial charge >= 0.3 is 0 Å². The summed E-state index contributed by atoms with van der Waals surface area (Å²) in [7, 11) is 0. The summed E-state index contributed by atoms with van der Waals surface area (Å²) in [6.45, 7) is 10.7. The van der Waals surface area contributed by atoms with E-state index in [2.05, 4.69) is 27.7 Å². The lowest BCUT2D eigenvalue weighted by molar-refractivity contribution is 0.315. The van der Waals surface area contributed by atoms with E-state index in [1.165, 1.54) is 12.8 Å². The minimum atomic E-state index is 0.530. The molecule has 3 unspecified atom stereocenters. The maximum atomic E-state index is 5.37. The lowest BCUT2D eigenvalue weighted by Crippen LogP contribution is -2.08. The van der Waals surface area contributed by atoms with Gasteiger partial charge in [-0.3, -0.25) is 0 Å². The molecule has 0 saturated carbocycles. The molecule has 1 saturated heterocycles. The van der Waals surface area contributed by atoms with Crippen molar-refractivity contribution in [2.45, 2.75) is 52.2 Å². The summed E-state index contributed by atoms with van der Waals surface area (Å²) in [6.07, 6.45) is 4.69. The Bertz CT molecular complexity index is 131. The van der Waals surface area contributed by atoms with Gasteiger partial charge in [-0.25, -0.2) is 0 Å². The van der Waals surface area contributed by atoms with Crippen LogP contribution in [-0.4, -0.2) is 12.2 Å². The lowest BCUT2D eigenvalue weighted by Gasteiger charge is -2.14. The first-order chi connectivity index (χ1) is 5.65. The first kappa shape index (κ1) is 9.91. The highest BCUT2D eigenvalue weighted by Gasteiger charge is 2.34. The maximum Gasteiger partial charge on any atom is 0.0881 e.